The predicted molar refractivity (Wildman–Crippen MR) is 79.2 cm³/mol. The average Bonchev–Trinajstić information content (AvgIpc) is 2.49. The van der Waals surface area contributed by atoms with Gasteiger partial charge < -0.3 is 10.5 Å². The maximum atomic E-state index is 13.8. The minimum atomic E-state index is -0.164. The molecule has 3 nitrogen and oxygen atoms in total. The van der Waals surface area contributed by atoms with E-state index < -0.39 is 0 Å². The molecule has 2 rings (SSSR count). The molecule has 1 aromatic rings. The summed E-state index contributed by atoms with van der Waals surface area (Å²) in [5.74, 6) is -0.164. The Morgan fingerprint density at radius 1 is 1.35 bits per heavy atom. The molecule has 0 saturated carbocycles. The third-order valence-corrected chi connectivity index (χ3v) is 4.65. The van der Waals surface area contributed by atoms with Crippen molar-refractivity contribution in [3.8, 4) is 0 Å². The summed E-state index contributed by atoms with van der Waals surface area (Å²) in [7, 11) is 0. The highest BCUT2D eigenvalue weighted by Crippen LogP contribution is 2.26. The summed E-state index contributed by atoms with van der Waals surface area (Å²) >= 11 is 0. The van der Waals surface area contributed by atoms with Crippen molar-refractivity contribution in [3.05, 3.63) is 35.6 Å². The molecule has 2 N–H and O–H groups in total. The van der Waals surface area contributed by atoms with Crippen LogP contribution in [-0.4, -0.2) is 42.8 Å². The molecule has 112 valence electrons. The van der Waals surface area contributed by atoms with Gasteiger partial charge in [-0.2, -0.15) is 0 Å². The van der Waals surface area contributed by atoms with E-state index in [-0.39, 0.29) is 17.4 Å². The standard InChI is InChI=1S/C16H25FN2O/c1-3-16(2,19-8-10-20-11-9-19)15(18)12-13-6-4-5-7-14(13)17/h4-7,15H,3,8-12,18H2,1-2H3. The summed E-state index contributed by atoms with van der Waals surface area (Å²) in [6.07, 6.45) is 1.51. The number of rotatable bonds is 5. The van der Waals surface area contributed by atoms with Crippen molar-refractivity contribution in [1.29, 1.82) is 0 Å². The average molecular weight is 280 g/mol. The van der Waals surface area contributed by atoms with Gasteiger partial charge in [-0.25, -0.2) is 4.39 Å². The number of benzene rings is 1. The lowest BCUT2D eigenvalue weighted by Crippen LogP contribution is -2.61. The van der Waals surface area contributed by atoms with Gasteiger partial charge in [0.15, 0.2) is 0 Å². The highest BCUT2D eigenvalue weighted by Gasteiger charge is 2.37. The summed E-state index contributed by atoms with van der Waals surface area (Å²) in [5, 5.41) is 0. The fourth-order valence-electron chi connectivity index (χ4n) is 2.92. The summed E-state index contributed by atoms with van der Waals surface area (Å²) in [5.41, 5.74) is 7.03. The number of halogens is 1. The van der Waals surface area contributed by atoms with Gasteiger partial charge in [0, 0.05) is 24.7 Å². The van der Waals surface area contributed by atoms with Crippen LogP contribution in [0.4, 0.5) is 4.39 Å². The van der Waals surface area contributed by atoms with Crippen LogP contribution in [0.2, 0.25) is 0 Å². The van der Waals surface area contributed by atoms with E-state index >= 15 is 0 Å². The zero-order valence-electron chi connectivity index (χ0n) is 12.4. The minimum Gasteiger partial charge on any atom is -0.379 e. The molecule has 0 spiro atoms. The van der Waals surface area contributed by atoms with Gasteiger partial charge in [0.25, 0.3) is 0 Å². The van der Waals surface area contributed by atoms with Crippen LogP contribution in [0.5, 0.6) is 0 Å². The maximum absolute atomic E-state index is 13.8. The number of nitrogens with two attached hydrogens (primary N) is 1. The van der Waals surface area contributed by atoms with E-state index in [9.17, 15) is 4.39 Å². The van der Waals surface area contributed by atoms with Crippen molar-refractivity contribution >= 4 is 0 Å². The Morgan fingerprint density at radius 3 is 2.60 bits per heavy atom. The van der Waals surface area contributed by atoms with Gasteiger partial charge >= 0.3 is 0 Å². The molecule has 1 fully saturated rings. The molecule has 0 bridgehead atoms. The second-order valence-electron chi connectivity index (χ2n) is 5.71. The fourth-order valence-corrected chi connectivity index (χ4v) is 2.92. The normalized spacial score (nSPS) is 21.4. The third-order valence-electron chi connectivity index (χ3n) is 4.65. The Labute approximate surface area is 120 Å². The highest BCUT2D eigenvalue weighted by atomic mass is 19.1. The van der Waals surface area contributed by atoms with Crippen LogP contribution in [-0.2, 0) is 11.2 Å². The SMILES string of the molecule is CCC(C)(C(N)Cc1ccccc1F)N1CCOCC1. The van der Waals surface area contributed by atoms with E-state index in [4.69, 9.17) is 10.5 Å². The Hall–Kier alpha value is -0.970. The molecular formula is C16H25FN2O. The van der Waals surface area contributed by atoms with Crippen LogP contribution >= 0.6 is 0 Å². The number of nitrogens with zero attached hydrogens (tertiary/aromatic N) is 1. The number of hydrogen-bond acceptors (Lipinski definition) is 3. The van der Waals surface area contributed by atoms with Gasteiger partial charge in [-0.1, -0.05) is 25.1 Å². The van der Waals surface area contributed by atoms with Crippen molar-refractivity contribution < 1.29 is 9.13 Å². The van der Waals surface area contributed by atoms with Crippen LogP contribution in [0.1, 0.15) is 25.8 Å². The molecular weight excluding hydrogens is 255 g/mol. The van der Waals surface area contributed by atoms with E-state index in [1.54, 1.807) is 6.07 Å². The van der Waals surface area contributed by atoms with E-state index in [0.717, 1.165) is 32.7 Å². The van der Waals surface area contributed by atoms with Gasteiger partial charge in [-0.15, -0.1) is 0 Å². The lowest BCUT2D eigenvalue weighted by atomic mass is 9.83. The predicted octanol–water partition coefficient (Wildman–Crippen LogP) is 2.20. The summed E-state index contributed by atoms with van der Waals surface area (Å²) in [6.45, 7) is 7.63. The molecule has 0 amide bonds. The molecule has 0 aromatic heterocycles. The topological polar surface area (TPSA) is 38.5 Å². The Morgan fingerprint density at radius 2 is 2.00 bits per heavy atom. The fraction of sp³-hybridized carbons (Fsp3) is 0.625. The van der Waals surface area contributed by atoms with Crippen molar-refractivity contribution in [2.24, 2.45) is 5.73 Å². The molecule has 1 saturated heterocycles. The molecule has 1 aromatic carbocycles. The molecule has 2 unspecified atom stereocenters. The molecule has 4 heteroatoms. The van der Waals surface area contributed by atoms with E-state index in [1.165, 1.54) is 6.07 Å². The summed E-state index contributed by atoms with van der Waals surface area (Å²) < 4.78 is 19.2. The van der Waals surface area contributed by atoms with Crippen molar-refractivity contribution in [2.45, 2.75) is 38.3 Å². The first-order valence-electron chi connectivity index (χ1n) is 7.39. The Kier molecular flexibility index (Phi) is 5.13. The lowest BCUT2D eigenvalue weighted by molar-refractivity contribution is -0.0273. The Bertz CT molecular complexity index is 434. The molecule has 20 heavy (non-hydrogen) atoms. The Balaban J connectivity index is 2.11. The zero-order chi connectivity index (χ0) is 14.6. The first kappa shape index (κ1) is 15.4. The van der Waals surface area contributed by atoms with Crippen molar-refractivity contribution in [2.75, 3.05) is 26.3 Å². The maximum Gasteiger partial charge on any atom is 0.126 e. The van der Waals surface area contributed by atoms with Crippen molar-refractivity contribution in [1.82, 2.24) is 4.90 Å². The molecule has 0 aliphatic carbocycles. The summed E-state index contributed by atoms with van der Waals surface area (Å²) in [4.78, 5) is 2.39. The van der Waals surface area contributed by atoms with Gasteiger partial charge in [-0.05, 0) is 31.4 Å². The smallest absolute Gasteiger partial charge is 0.126 e. The largest absolute Gasteiger partial charge is 0.379 e. The zero-order valence-corrected chi connectivity index (χ0v) is 12.4. The van der Waals surface area contributed by atoms with E-state index in [2.05, 4.69) is 18.7 Å². The number of ether oxygens (including phenoxy) is 1. The molecule has 2 atom stereocenters. The second kappa shape index (κ2) is 6.66. The van der Waals surface area contributed by atoms with Gasteiger partial charge in [0.1, 0.15) is 5.82 Å². The van der Waals surface area contributed by atoms with Crippen LogP contribution in [0.15, 0.2) is 24.3 Å². The van der Waals surface area contributed by atoms with Gasteiger partial charge in [0.2, 0.25) is 0 Å². The van der Waals surface area contributed by atoms with Crippen LogP contribution in [0.3, 0.4) is 0 Å². The first-order valence-corrected chi connectivity index (χ1v) is 7.39. The summed E-state index contributed by atoms with van der Waals surface area (Å²) in [6, 6.07) is 6.81. The van der Waals surface area contributed by atoms with E-state index in [1.807, 2.05) is 12.1 Å². The molecule has 1 aliphatic rings. The first-order chi connectivity index (χ1) is 9.58. The highest BCUT2D eigenvalue weighted by molar-refractivity contribution is 5.19. The number of morpholine rings is 1. The minimum absolute atomic E-state index is 0.0949. The molecule has 1 aliphatic heterocycles. The second-order valence-corrected chi connectivity index (χ2v) is 5.71. The van der Waals surface area contributed by atoms with Gasteiger partial charge in [0.05, 0.1) is 13.2 Å². The molecule has 0 radical (unpaired) electrons. The third kappa shape index (κ3) is 3.19. The quantitative estimate of drug-likeness (QED) is 0.898. The van der Waals surface area contributed by atoms with Crippen LogP contribution in [0, 0.1) is 5.82 Å². The van der Waals surface area contributed by atoms with Gasteiger partial charge in [-0.3, -0.25) is 4.90 Å². The van der Waals surface area contributed by atoms with Crippen molar-refractivity contribution in [3.63, 3.8) is 0 Å². The molecule has 1 heterocycles. The van der Waals surface area contributed by atoms with Crippen LogP contribution < -0.4 is 5.73 Å². The lowest BCUT2D eigenvalue weighted by Gasteiger charge is -2.46. The monoisotopic (exact) mass is 280 g/mol. The van der Waals surface area contributed by atoms with E-state index in [0.29, 0.717) is 12.0 Å². The van der Waals surface area contributed by atoms with Crippen LogP contribution in [0.25, 0.3) is 0 Å². The number of hydrogen-bond donors (Lipinski definition) is 1.